The molecule has 35 heavy (non-hydrogen) atoms. The molecule has 3 N–H and O–H groups in total. The van der Waals surface area contributed by atoms with E-state index in [1.165, 1.54) is 0 Å². The van der Waals surface area contributed by atoms with Crippen molar-refractivity contribution in [3.8, 4) is 0 Å². The third kappa shape index (κ3) is 6.15. The van der Waals surface area contributed by atoms with Crippen LogP contribution in [0.2, 0.25) is 0 Å². The van der Waals surface area contributed by atoms with Crippen LogP contribution >= 0.6 is 0 Å². The first kappa shape index (κ1) is 25.7. The van der Waals surface area contributed by atoms with Gasteiger partial charge in [-0.1, -0.05) is 97.9 Å². The van der Waals surface area contributed by atoms with Crippen LogP contribution in [0.4, 0.5) is 0 Å². The topological polar surface area (TPSA) is 98.5 Å². The number of amides is 2. The first-order chi connectivity index (χ1) is 16.9. The number of nitrogens with one attached hydrogen (secondary N) is 1. The van der Waals surface area contributed by atoms with Crippen molar-refractivity contribution < 1.29 is 19.1 Å². The zero-order valence-electron chi connectivity index (χ0n) is 20.1. The van der Waals surface area contributed by atoms with Gasteiger partial charge < -0.3 is 15.8 Å². The minimum absolute atomic E-state index is 0.0443. The molecule has 0 aliphatic carbocycles. The second-order valence-electron chi connectivity index (χ2n) is 8.59. The maximum absolute atomic E-state index is 13.5. The molecule has 182 valence electrons. The molecule has 0 heterocycles. The summed E-state index contributed by atoms with van der Waals surface area (Å²) in [6.07, 6.45) is 0.109. The molecule has 0 saturated heterocycles. The number of carbonyl (C=O) groups excluding carboxylic acids is 3. The van der Waals surface area contributed by atoms with Gasteiger partial charge in [-0.2, -0.15) is 0 Å². The molecule has 2 atom stereocenters. The van der Waals surface area contributed by atoms with Gasteiger partial charge in [-0.25, -0.2) is 0 Å². The second-order valence-corrected chi connectivity index (χ2v) is 8.59. The normalized spacial score (nSPS) is 12.9. The van der Waals surface area contributed by atoms with Gasteiger partial charge in [-0.15, -0.1) is 0 Å². The van der Waals surface area contributed by atoms with Crippen molar-refractivity contribution in [2.75, 3.05) is 6.61 Å². The summed E-state index contributed by atoms with van der Waals surface area (Å²) in [7, 11) is 0. The van der Waals surface area contributed by atoms with Gasteiger partial charge >= 0.3 is 5.97 Å². The van der Waals surface area contributed by atoms with Crippen molar-refractivity contribution in [2.24, 2.45) is 11.7 Å². The van der Waals surface area contributed by atoms with Crippen LogP contribution in [0, 0.1) is 5.92 Å². The van der Waals surface area contributed by atoms with Crippen LogP contribution < -0.4 is 11.1 Å². The first-order valence-electron chi connectivity index (χ1n) is 11.8. The van der Waals surface area contributed by atoms with Gasteiger partial charge in [0, 0.05) is 6.42 Å². The van der Waals surface area contributed by atoms with Crippen molar-refractivity contribution in [3.05, 3.63) is 108 Å². The van der Waals surface area contributed by atoms with Crippen molar-refractivity contribution in [1.82, 2.24) is 5.32 Å². The smallest absolute Gasteiger partial charge is 0.308 e. The van der Waals surface area contributed by atoms with Gasteiger partial charge in [0.05, 0.1) is 17.9 Å². The lowest BCUT2D eigenvalue weighted by atomic mass is 9.67. The minimum atomic E-state index is -0.998. The van der Waals surface area contributed by atoms with E-state index in [0.717, 1.165) is 16.7 Å². The number of esters is 1. The molecule has 6 heteroatoms. The molecule has 0 fully saturated rings. The summed E-state index contributed by atoms with van der Waals surface area (Å²) in [6, 6.07) is 28.5. The maximum Gasteiger partial charge on any atom is 0.308 e. The Kier molecular flexibility index (Phi) is 8.79. The van der Waals surface area contributed by atoms with Crippen LogP contribution in [0.15, 0.2) is 91.0 Å². The lowest BCUT2D eigenvalue weighted by molar-refractivity contribution is -0.148. The number of nitrogens with two attached hydrogens (primary N) is 1. The lowest BCUT2D eigenvalue weighted by Crippen LogP contribution is -2.48. The number of carbonyl (C=O) groups is 3. The molecule has 3 rings (SSSR count). The number of primary amides is 1. The number of ether oxygens (including phenoxy) is 1. The molecule has 3 aromatic rings. The van der Waals surface area contributed by atoms with Crippen LogP contribution in [0.5, 0.6) is 0 Å². The molecule has 0 aromatic heterocycles. The highest BCUT2D eigenvalue weighted by Crippen LogP contribution is 2.42. The summed E-state index contributed by atoms with van der Waals surface area (Å²) < 4.78 is 5.04. The summed E-state index contributed by atoms with van der Waals surface area (Å²) in [5.74, 6) is -2.06. The molecular formula is C29H32N2O4. The Morgan fingerprint density at radius 2 is 1.26 bits per heavy atom. The number of benzene rings is 3. The summed E-state index contributed by atoms with van der Waals surface area (Å²) in [5, 5.41) is 2.79. The molecule has 0 radical (unpaired) electrons. The Labute approximate surface area is 206 Å². The molecule has 0 unspecified atom stereocenters. The van der Waals surface area contributed by atoms with Crippen molar-refractivity contribution in [3.63, 3.8) is 0 Å². The summed E-state index contributed by atoms with van der Waals surface area (Å²) in [5.41, 5.74) is 7.64. The van der Waals surface area contributed by atoms with E-state index in [2.05, 4.69) is 5.32 Å². The SMILES string of the molecule is CCOC(=O)[C@@H](C)C[C@H](NC(=O)CC(c1ccccc1)(c1ccccc1)c1ccccc1)C(N)=O. The monoisotopic (exact) mass is 472 g/mol. The molecule has 6 nitrogen and oxygen atoms in total. The fourth-order valence-electron chi connectivity index (χ4n) is 4.44. The fraction of sp³-hybridized carbons (Fsp3) is 0.276. The lowest BCUT2D eigenvalue weighted by Gasteiger charge is -2.36. The van der Waals surface area contributed by atoms with E-state index in [4.69, 9.17) is 10.5 Å². The molecular weight excluding hydrogens is 440 g/mol. The largest absolute Gasteiger partial charge is 0.466 e. The van der Waals surface area contributed by atoms with E-state index < -0.39 is 29.3 Å². The van der Waals surface area contributed by atoms with E-state index in [1.807, 2.05) is 91.0 Å². The van der Waals surface area contributed by atoms with Crippen molar-refractivity contribution >= 4 is 17.8 Å². The predicted octanol–water partition coefficient (Wildman–Crippen LogP) is 3.97. The average molecular weight is 473 g/mol. The van der Waals surface area contributed by atoms with Gasteiger partial charge in [0.25, 0.3) is 0 Å². The molecule has 0 bridgehead atoms. The van der Waals surface area contributed by atoms with Crippen LogP contribution in [-0.4, -0.2) is 30.4 Å². The van der Waals surface area contributed by atoms with Gasteiger partial charge in [0.2, 0.25) is 11.8 Å². The fourth-order valence-corrected chi connectivity index (χ4v) is 4.44. The average Bonchev–Trinajstić information content (AvgIpc) is 2.88. The minimum Gasteiger partial charge on any atom is -0.466 e. The number of hydrogen-bond donors (Lipinski definition) is 2. The third-order valence-corrected chi connectivity index (χ3v) is 6.18. The molecule has 2 amide bonds. The second kappa shape index (κ2) is 12.0. The Morgan fingerprint density at radius 1 is 0.829 bits per heavy atom. The third-order valence-electron chi connectivity index (χ3n) is 6.18. The summed E-state index contributed by atoms with van der Waals surface area (Å²) >= 11 is 0. The van der Waals surface area contributed by atoms with Crippen molar-refractivity contribution in [2.45, 2.75) is 38.1 Å². The van der Waals surface area contributed by atoms with Crippen LogP contribution in [0.1, 0.15) is 43.4 Å². The standard InChI is InChI=1S/C29H32N2O4/c1-3-35-28(34)21(2)19-25(27(30)33)31-26(32)20-29(22-13-7-4-8-14-22,23-15-9-5-10-16-23)24-17-11-6-12-18-24/h4-18,21,25H,3,19-20H2,1-2H3,(H2,30,33)(H,31,32)/t21-,25-/m0/s1. The highest BCUT2D eigenvalue weighted by Gasteiger charge is 2.39. The van der Waals surface area contributed by atoms with Crippen molar-refractivity contribution in [1.29, 1.82) is 0 Å². The van der Waals surface area contributed by atoms with E-state index >= 15 is 0 Å². The van der Waals surface area contributed by atoms with Crippen LogP contribution in [0.3, 0.4) is 0 Å². The Balaban J connectivity index is 2.00. The number of hydrogen-bond acceptors (Lipinski definition) is 4. The van der Waals surface area contributed by atoms with Crippen LogP contribution in [-0.2, 0) is 24.5 Å². The quantitative estimate of drug-likeness (QED) is 0.326. The summed E-state index contributed by atoms with van der Waals surface area (Å²) in [4.78, 5) is 37.8. The van der Waals surface area contributed by atoms with E-state index in [-0.39, 0.29) is 25.4 Å². The Morgan fingerprint density at radius 3 is 1.63 bits per heavy atom. The van der Waals surface area contributed by atoms with E-state index in [1.54, 1.807) is 13.8 Å². The maximum atomic E-state index is 13.5. The first-order valence-corrected chi connectivity index (χ1v) is 11.8. The zero-order chi connectivity index (χ0) is 25.3. The highest BCUT2D eigenvalue weighted by molar-refractivity contribution is 5.88. The van der Waals surface area contributed by atoms with Gasteiger partial charge in [0.15, 0.2) is 0 Å². The molecule has 0 aliphatic heterocycles. The van der Waals surface area contributed by atoms with Gasteiger partial charge in [0.1, 0.15) is 6.04 Å². The summed E-state index contributed by atoms with van der Waals surface area (Å²) in [6.45, 7) is 3.61. The molecule has 3 aromatic carbocycles. The molecule has 0 saturated carbocycles. The Bertz CT molecular complexity index is 1020. The predicted molar refractivity (Wildman–Crippen MR) is 135 cm³/mol. The van der Waals surface area contributed by atoms with Gasteiger partial charge in [-0.3, -0.25) is 14.4 Å². The van der Waals surface area contributed by atoms with Crippen LogP contribution in [0.25, 0.3) is 0 Å². The van der Waals surface area contributed by atoms with Gasteiger partial charge in [-0.05, 0) is 30.0 Å². The number of rotatable bonds is 11. The Hall–Kier alpha value is -3.93. The molecule has 0 spiro atoms. The van der Waals surface area contributed by atoms with E-state index in [0.29, 0.717) is 0 Å². The molecule has 0 aliphatic rings. The van der Waals surface area contributed by atoms with E-state index in [9.17, 15) is 14.4 Å². The highest BCUT2D eigenvalue weighted by atomic mass is 16.5. The zero-order valence-corrected chi connectivity index (χ0v) is 20.1.